The summed E-state index contributed by atoms with van der Waals surface area (Å²) in [6, 6.07) is 2.15. The van der Waals surface area contributed by atoms with Gasteiger partial charge >= 0.3 is 0 Å². The maximum Gasteiger partial charge on any atom is 0.226 e. The van der Waals surface area contributed by atoms with E-state index in [-0.39, 0.29) is 24.4 Å². The molecule has 80 valence electrons. The monoisotopic (exact) mass is 196 g/mol. The summed E-state index contributed by atoms with van der Waals surface area (Å²) < 4.78 is 0. The maximum absolute atomic E-state index is 11.9. The van der Waals surface area contributed by atoms with Gasteiger partial charge in [0.15, 0.2) is 0 Å². The molecule has 0 aromatic heterocycles. The van der Waals surface area contributed by atoms with Crippen LogP contribution >= 0.6 is 0 Å². The molecule has 0 atom stereocenters. The molecule has 0 aliphatic heterocycles. The van der Waals surface area contributed by atoms with Gasteiger partial charge in [-0.1, -0.05) is 13.8 Å². The molecule has 0 aromatic rings. The van der Waals surface area contributed by atoms with E-state index in [9.17, 15) is 4.79 Å². The molecule has 0 radical (unpaired) electrons. The van der Waals surface area contributed by atoms with E-state index in [2.05, 4.69) is 0 Å². The quantitative estimate of drug-likeness (QED) is 0.633. The topological polar surface area (TPSA) is 44.1 Å². The Morgan fingerprint density at radius 3 is 2.14 bits per heavy atom. The van der Waals surface area contributed by atoms with Crippen LogP contribution in [-0.2, 0) is 4.79 Å². The third-order valence-corrected chi connectivity index (χ3v) is 2.48. The van der Waals surface area contributed by atoms with Crippen molar-refractivity contribution in [2.24, 2.45) is 5.92 Å². The van der Waals surface area contributed by atoms with Crippen LogP contribution in [0.3, 0.4) is 0 Å². The molecule has 0 saturated heterocycles. The fraction of sp³-hybridized carbons (Fsp3) is 0.818. The van der Waals surface area contributed by atoms with E-state index in [1.165, 1.54) is 0 Å². The third-order valence-electron chi connectivity index (χ3n) is 2.48. The smallest absolute Gasteiger partial charge is 0.226 e. The first kappa shape index (κ1) is 13.0. The highest BCUT2D eigenvalue weighted by Gasteiger charge is 2.22. The Bertz CT molecular complexity index is 214. The number of hydrogen-bond acceptors (Lipinski definition) is 2. The molecular weight excluding hydrogens is 176 g/mol. The van der Waals surface area contributed by atoms with Crippen molar-refractivity contribution in [2.75, 3.05) is 6.54 Å². The Morgan fingerprint density at radius 2 is 1.86 bits per heavy atom. The number of rotatable bonds is 5. The second-order valence-corrected chi connectivity index (χ2v) is 3.73. The summed E-state index contributed by atoms with van der Waals surface area (Å²) in [5.41, 5.74) is 0. The minimum atomic E-state index is 0.0748. The van der Waals surface area contributed by atoms with Crippen molar-refractivity contribution >= 4 is 5.91 Å². The molecule has 14 heavy (non-hydrogen) atoms. The van der Waals surface area contributed by atoms with E-state index in [1.54, 1.807) is 4.90 Å². The molecule has 0 bridgehead atoms. The molecule has 1 amide bonds. The summed E-state index contributed by atoms with van der Waals surface area (Å²) in [6.07, 6.45) is 1.70. The summed E-state index contributed by atoms with van der Waals surface area (Å²) in [7, 11) is 0. The summed E-state index contributed by atoms with van der Waals surface area (Å²) in [5.74, 6) is 0.192. The van der Waals surface area contributed by atoms with Gasteiger partial charge in [0.2, 0.25) is 5.91 Å². The van der Waals surface area contributed by atoms with Crippen LogP contribution in [0.15, 0.2) is 0 Å². The molecule has 0 unspecified atom stereocenters. The van der Waals surface area contributed by atoms with Gasteiger partial charge in [0.25, 0.3) is 0 Å². The van der Waals surface area contributed by atoms with Gasteiger partial charge in [-0.25, -0.2) is 0 Å². The standard InChI is InChI=1S/C11H20N2O/c1-5-10(6-2)11(14)13(8-7-12)9(3)4/h9-10H,5-6,8H2,1-4H3. The van der Waals surface area contributed by atoms with Crippen LogP contribution in [-0.4, -0.2) is 23.4 Å². The number of carbonyl (C=O) groups excluding carboxylic acids is 1. The maximum atomic E-state index is 11.9. The van der Waals surface area contributed by atoms with Crippen molar-refractivity contribution in [3.05, 3.63) is 0 Å². The van der Waals surface area contributed by atoms with E-state index in [4.69, 9.17) is 5.26 Å². The van der Waals surface area contributed by atoms with Crippen molar-refractivity contribution < 1.29 is 4.79 Å². The molecule has 0 spiro atoms. The zero-order chi connectivity index (χ0) is 11.1. The average molecular weight is 196 g/mol. The van der Waals surface area contributed by atoms with Crippen molar-refractivity contribution in [2.45, 2.75) is 46.6 Å². The van der Waals surface area contributed by atoms with Crippen molar-refractivity contribution in [3.63, 3.8) is 0 Å². The summed E-state index contributed by atoms with van der Waals surface area (Å²) in [5, 5.41) is 8.62. The van der Waals surface area contributed by atoms with Crippen molar-refractivity contribution in [1.29, 1.82) is 5.26 Å². The van der Waals surface area contributed by atoms with E-state index < -0.39 is 0 Å². The van der Waals surface area contributed by atoms with Gasteiger partial charge in [-0.05, 0) is 26.7 Å². The number of amides is 1. The highest BCUT2D eigenvalue weighted by molar-refractivity contribution is 5.79. The van der Waals surface area contributed by atoms with Crippen LogP contribution in [0.1, 0.15) is 40.5 Å². The van der Waals surface area contributed by atoms with Crippen LogP contribution in [0.25, 0.3) is 0 Å². The Balaban J connectivity index is 4.50. The molecule has 0 aliphatic carbocycles. The van der Waals surface area contributed by atoms with E-state index in [1.807, 2.05) is 33.8 Å². The van der Waals surface area contributed by atoms with Crippen LogP contribution in [0.4, 0.5) is 0 Å². The Kier molecular flexibility index (Phi) is 5.94. The normalized spacial score (nSPS) is 10.4. The molecule has 0 aliphatic rings. The van der Waals surface area contributed by atoms with Gasteiger partial charge in [0, 0.05) is 12.0 Å². The lowest BCUT2D eigenvalue weighted by molar-refractivity contribution is -0.136. The first-order valence-corrected chi connectivity index (χ1v) is 5.25. The first-order valence-electron chi connectivity index (χ1n) is 5.25. The summed E-state index contributed by atoms with van der Waals surface area (Å²) in [4.78, 5) is 13.6. The molecule has 0 aromatic carbocycles. The Morgan fingerprint density at radius 1 is 1.36 bits per heavy atom. The van der Waals surface area contributed by atoms with Gasteiger partial charge in [-0.3, -0.25) is 4.79 Å². The third kappa shape index (κ3) is 3.37. The summed E-state index contributed by atoms with van der Waals surface area (Å²) in [6.45, 7) is 8.11. The Hall–Kier alpha value is -1.04. The second-order valence-electron chi connectivity index (χ2n) is 3.73. The molecular formula is C11H20N2O. The van der Waals surface area contributed by atoms with Crippen LogP contribution in [0.2, 0.25) is 0 Å². The van der Waals surface area contributed by atoms with E-state index in [0.717, 1.165) is 12.8 Å². The second kappa shape index (κ2) is 6.42. The average Bonchev–Trinajstić information content (AvgIpc) is 2.15. The molecule has 0 fully saturated rings. The fourth-order valence-electron chi connectivity index (χ4n) is 1.46. The highest BCUT2D eigenvalue weighted by atomic mass is 16.2. The number of hydrogen-bond donors (Lipinski definition) is 0. The zero-order valence-electron chi connectivity index (χ0n) is 9.58. The van der Waals surface area contributed by atoms with Crippen LogP contribution < -0.4 is 0 Å². The number of nitriles is 1. The van der Waals surface area contributed by atoms with Gasteiger partial charge in [-0.2, -0.15) is 5.26 Å². The lowest BCUT2D eigenvalue weighted by atomic mass is 10.0. The van der Waals surface area contributed by atoms with Gasteiger partial charge < -0.3 is 4.90 Å². The first-order chi connectivity index (χ1) is 6.58. The minimum absolute atomic E-state index is 0.0748. The largest absolute Gasteiger partial charge is 0.327 e. The highest BCUT2D eigenvalue weighted by Crippen LogP contribution is 2.13. The zero-order valence-corrected chi connectivity index (χ0v) is 9.58. The molecule has 0 rings (SSSR count). The van der Waals surface area contributed by atoms with E-state index in [0.29, 0.717) is 0 Å². The fourth-order valence-corrected chi connectivity index (χ4v) is 1.46. The van der Waals surface area contributed by atoms with Crippen molar-refractivity contribution in [3.8, 4) is 6.07 Å². The lowest BCUT2D eigenvalue weighted by Crippen LogP contribution is -2.40. The van der Waals surface area contributed by atoms with Crippen LogP contribution in [0.5, 0.6) is 0 Å². The molecule has 0 saturated carbocycles. The lowest BCUT2D eigenvalue weighted by Gasteiger charge is -2.27. The number of nitrogens with zero attached hydrogens (tertiary/aromatic N) is 2. The van der Waals surface area contributed by atoms with Gasteiger partial charge in [0.1, 0.15) is 6.54 Å². The minimum Gasteiger partial charge on any atom is -0.327 e. The van der Waals surface area contributed by atoms with Crippen molar-refractivity contribution in [1.82, 2.24) is 4.90 Å². The summed E-state index contributed by atoms with van der Waals surface area (Å²) >= 11 is 0. The van der Waals surface area contributed by atoms with Gasteiger partial charge in [-0.15, -0.1) is 0 Å². The molecule has 3 heteroatoms. The van der Waals surface area contributed by atoms with E-state index >= 15 is 0 Å². The SMILES string of the molecule is CCC(CC)C(=O)N(CC#N)C(C)C. The molecule has 3 nitrogen and oxygen atoms in total. The van der Waals surface area contributed by atoms with Crippen LogP contribution in [0, 0.1) is 17.2 Å². The molecule has 0 N–H and O–H groups in total. The number of carbonyl (C=O) groups is 1. The predicted octanol–water partition coefficient (Wildman–Crippen LogP) is 2.18. The van der Waals surface area contributed by atoms with Gasteiger partial charge in [0.05, 0.1) is 6.07 Å². The predicted molar refractivity (Wildman–Crippen MR) is 56.5 cm³/mol. The Labute approximate surface area is 86.7 Å². The molecule has 0 heterocycles.